The van der Waals surface area contributed by atoms with Gasteiger partial charge in [0.2, 0.25) is 0 Å². The van der Waals surface area contributed by atoms with Crippen molar-refractivity contribution in [2.45, 2.75) is 197 Å². The molecule has 9 nitrogen and oxygen atoms in total. The van der Waals surface area contributed by atoms with Crippen LogP contribution >= 0.6 is 0 Å². The number of aryl methyl sites for hydroxylation is 6. The van der Waals surface area contributed by atoms with Gasteiger partial charge in [-0.3, -0.25) is 0 Å². The third-order valence-electron chi connectivity index (χ3n) is 13.4. The lowest BCUT2D eigenvalue weighted by molar-refractivity contribution is 0.590. The predicted octanol–water partition coefficient (Wildman–Crippen LogP) is 15.9. The van der Waals surface area contributed by atoms with E-state index < -0.39 is 0 Å². The number of aromatic nitrogens is 9. The molecule has 0 saturated carbocycles. The molecule has 378 valence electrons. The van der Waals surface area contributed by atoms with E-state index in [1.807, 2.05) is 0 Å². The molecule has 0 unspecified atom stereocenters. The normalized spacial score (nSPS) is 12.2. The molecule has 7 aromatic rings. The van der Waals surface area contributed by atoms with Crippen molar-refractivity contribution in [3.05, 3.63) is 124 Å². The van der Waals surface area contributed by atoms with Gasteiger partial charge in [0.1, 0.15) is 17.1 Å². The first-order valence-electron chi connectivity index (χ1n) is 27.1. The fourth-order valence-corrected chi connectivity index (χ4v) is 9.29. The van der Waals surface area contributed by atoms with E-state index in [0.29, 0.717) is 53.8 Å². The van der Waals surface area contributed by atoms with Crippen LogP contribution in [0.2, 0.25) is 0 Å². The van der Waals surface area contributed by atoms with Gasteiger partial charge >= 0.3 is 0 Å². The SMILES string of the molecule is CCCc1nc(-c2nc(-c3nc(CCC)c(-c4ccc(C(C)(C)C)cc4)nc3CCC)nc(-c3nc(CCC)c(-c4ccc(C(C)(C)C)cc4)nc3CCC)n2)c(CCC)nc1-c1ccc(C(C)(C)C)cc1. The molecule has 7 rings (SSSR count). The van der Waals surface area contributed by atoms with Gasteiger partial charge in [0.25, 0.3) is 0 Å². The summed E-state index contributed by atoms with van der Waals surface area (Å²) in [4.78, 5) is 49.4. The number of nitrogens with zero attached hydrogens (tertiary/aromatic N) is 9. The standard InChI is InChI=1S/C63H81N9/c1-16-22-46-52(40-28-34-43(35-29-40)61(7,8)9)64-49(25-19-4)55(67-46)58-70-59(56-50(26-20-5)65-53(47(68-56)23-17-2)41-30-36-44(37-31-41)62(10,11)12)72-60(71-58)57-51(27-21-6)66-54(48(69-57)24-18-3)42-32-38-45(39-33-42)63(13,14)15/h28-39H,16-27H2,1-15H3. The van der Waals surface area contributed by atoms with Crippen LogP contribution < -0.4 is 0 Å². The first-order valence-corrected chi connectivity index (χ1v) is 27.1. The molecular formula is C63H81N9. The second-order valence-electron chi connectivity index (χ2n) is 22.7. The molecule has 0 aliphatic rings. The van der Waals surface area contributed by atoms with Gasteiger partial charge in [0, 0.05) is 16.7 Å². The molecule has 0 aliphatic carbocycles. The van der Waals surface area contributed by atoms with Gasteiger partial charge < -0.3 is 0 Å². The van der Waals surface area contributed by atoms with Crippen molar-refractivity contribution in [2.24, 2.45) is 0 Å². The van der Waals surface area contributed by atoms with E-state index in [-0.39, 0.29) is 16.2 Å². The Morgan fingerprint density at radius 1 is 0.250 bits per heavy atom. The van der Waals surface area contributed by atoms with Crippen molar-refractivity contribution >= 4 is 0 Å². The Labute approximate surface area is 432 Å². The Balaban J connectivity index is 1.53. The average molecular weight is 964 g/mol. The van der Waals surface area contributed by atoms with Gasteiger partial charge in [-0.15, -0.1) is 0 Å². The highest BCUT2D eigenvalue weighted by atomic mass is 15.1. The zero-order valence-corrected chi connectivity index (χ0v) is 46.4. The number of rotatable bonds is 18. The summed E-state index contributed by atoms with van der Waals surface area (Å²) < 4.78 is 0. The molecule has 0 radical (unpaired) electrons. The number of hydrogen-bond donors (Lipinski definition) is 0. The summed E-state index contributed by atoms with van der Waals surface area (Å²) in [7, 11) is 0. The molecular weight excluding hydrogens is 883 g/mol. The van der Waals surface area contributed by atoms with Crippen LogP contribution in [0.4, 0.5) is 0 Å². The van der Waals surface area contributed by atoms with Gasteiger partial charge in [-0.05, 0) is 71.5 Å². The van der Waals surface area contributed by atoms with Gasteiger partial charge in [0.05, 0.1) is 51.2 Å². The van der Waals surface area contributed by atoms with Crippen molar-refractivity contribution in [1.82, 2.24) is 44.9 Å². The first-order chi connectivity index (χ1) is 34.3. The third-order valence-corrected chi connectivity index (χ3v) is 13.4. The number of hydrogen-bond acceptors (Lipinski definition) is 9. The van der Waals surface area contributed by atoms with Crippen LogP contribution in [0.3, 0.4) is 0 Å². The van der Waals surface area contributed by atoms with E-state index in [4.69, 9.17) is 44.9 Å². The Morgan fingerprint density at radius 2 is 0.431 bits per heavy atom. The molecule has 0 fully saturated rings. The first kappa shape index (κ1) is 53.7. The molecule has 3 aromatic carbocycles. The second kappa shape index (κ2) is 22.8. The fraction of sp³-hybridized carbons (Fsp3) is 0.476. The summed E-state index contributed by atoms with van der Waals surface area (Å²) in [6.45, 7) is 33.4. The molecule has 4 heterocycles. The summed E-state index contributed by atoms with van der Waals surface area (Å²) in [6.07, 6.45) is 9.70. The van der Waals surface area contributed by atoms with E-state index in [9.17, 15) is 0 Å². The van der Waals surface area contributed by atoms with Crippen LogP contribution in [-0.2, 0) is 54.8 Å². The van der Waals surface area contributed by atoms with Crippen molar-refractivity contribution in [3.8, 4) is 68.3 Å². The molecule has 4 aromatic heterocycles. The van der Waals surface area contributed by atoms with Crippen LogP contribution in [0.1, 0.15) is 193 Å². The predicted molar refractivity (Wildman–Crippen MR) is 299 cm³/mol. The van der Waals surface area contributed by atoms with Gasteiger partial charge in [-0.1, -0.05) is 215 Å². The van der Waals surface area contributed by atoms with E-state index >= 15 is 0 Å². The maximum Gasteiger partial charge on any atom is 0.184 e. The Morgan fingerprint density at radius 3 is 0.611 bits per heavy atom. The summed E-state index contributed by atoms with van der Waals surface area (Å²) in [5, 5.41) is 0. The minimum absolute atomic E-state index is 0.0369. The lowest BCUT2D eigenvalue weighted by Crippen LogP contribution is -2.13. The molecule has 0 amide bonds. The average Bonchev–Trinajstić information content (AvgIpc) is 3.34. The van der Waals surface area contributed by atoms with Crippen molar-refractivity contribution in [1.29, 1.82) is 0 Å². The summed E-state index contributed by atoms with van der Waals surface area (Å²) in [6, 6.07) is 26.6. The van der Waals surface area contributed by atoms with Gasteiger partial charge in [-0.2, -0.15) is 0 Å². The third kappa shape index (κ3) is 12.2. The summed E-state index contributed by atoms with van der Waals surface area (Å²) >= 11 is 0. The number of benzene rings is 3. The molecule has 0 N–H and O–H groups in total. The highest BCUT2D eigenvalue weighted by molar-refractivity contribution is 5.72. The molecule has 0 saturated heterocycles. The van der Waals surface area contributed by atoms with Gasteiger partial charge in [0.15, 0.2) is 17.5 Å². The Bertz CT molecular complexity index is 2620. The van der Waals surface area contributed by atoms with Crippen LogP contribution in [0.5, 0.6) is 0 Å². The lowest BCUT2D eigenvalue weighted by atomic mass is 9.86. The van der Waals surface area contributed by atoms with Crippen molar-refractivity contribution in [3.63, 3.8) is 0 Å². The smallest absolute Gasteiger partial charge is 0.184 e. The minimum Gasteiger partial charge on any atom is -0.249 e. The van der Waals surface area contributed by atoms with Crippen LogP contribution in [0.25, 0.3) is 68.3 Å². The van der Waals surface area contributed by atoms with Gasteiger partial charge in [-0.25, -0.2) is 44.9 Å². The molecule has 72 heavy (non-hydrogen) atoms. The molecule has 0 bridgehead atoms. The second-order valence-corrected chi connectivity index (χ2v) is 22.7. The minimum atomic E-state index is 0.0369. The Kier molecular flexibility index (Phi) is 17.0. The lowest BCUT2D eigenvalue weighted by Gasteiger charge is -2.20. The maximum atomic E-state index is 5.55. The highest BCUT2D eigenvalue weighted by Gasteiger charge is 2.27. The quantitative estimate of drug-likeness (QED) is 0.0829. The fourth-order valence-electron chi connectivity index (χ4n) is 9.29. The van der Waals surface area contributed by atoms with Crippen LogP contribution in [-0.4, -0.2) is 44.9 Å². The van der Waals surface area contributed by atoms with E-state index in [1.165, 1.54) is 16.7 Å². The zero-order chi connectivity index (χ0) is 52.0. The van der Waals surface area contributed by atoms with E-state index in [0.717, 1.165) is 126 Å². The van der Waals surface area contributed by atoms with E-state index in [1.54, 1.807) is 0 Å². The van der Waals surface area contributed by atoms with Crippen molar-refractivity contribution < 1.29 is 0 Å². The monoisotopic (exact) mass is 964 g/mol. The maximum absolute atomic E-state index is 5.55. The largest absolute Gasteiger partial charge is 0.249 e. The molecule has 0 spiro atoms. The molecule has 9 heteroatoms. The summed E-state index contributed by atoms with van der Waals surface area (Å²) in [5.74, 6) is 1.39. The molecule has 0 atom stereocenters. The van der Waals surface area contributed by atoms with E-state index in [2.05, 4.69) is 177 Å². The highest BCUT2D eigenvalue weighted by Crippen LogP contribution is 2.36. The van der Waals surface area contributed by atoms with Crippen LogP contribution in [0, 0.1) is 0 Å². The molecule has 0 aliphatic heterocycles. The van der Waals surface area contributed by atoms with Crippen LogP contribution in [0.15, 0.2) is 72.8 Å². The topological polar surface area (TPSA) is 116 Å². The zero-order valence-electron chi connectivity index (χ0n) is 46.4. The van der Waals surface area contributed by atoms with Crippen molar-refractivity contribution in [2.75, 3.05) is 0 Å². The summed E-state index contributed by atoms with van der Waals surface area (Å²) in [5.41, 5.74) is 17.3. The Hall–Kier alpha value is -6.09.